The summed E-state index contributed by atoms with van der Waals surface area (Å²) in [5.41, 5.74) is 0.825. The molecule has 0 bridgehead atoms. The molecule has 130 valence electrons. The van der Waals surface area contributed by atoms with E-state index in [9.17, 15) is 10.4 Å². The lowest BCUT2D eigenvalue weighted by molar-refractivity contribution is -0.0610. The van der Waals surface area contributed by atoms with Gasteiger partial charge in [0.05, 0.1) is 17.7 Å². The highest BCUT2D eigenvalue weighted by molar-refractivity contribution is 5.99. The molecule has 2 aromatic rings. The maximum atomic E-state index is 10.8. The SMILES string of the molecule is CC1(C)Oc2ccc(C#N)cc2[C@H](N/C(=N\C#N)c2cccnc2)[C@H]1O. The highest BCUT2D eigenvalue weighted by Gasteiger charge is 2.43. The molecule has 2 atom stereocenters. The Kier molecular flexibility index (Phi) is 4.57. The van der Waals surface area contributed by atoms with Crippen molar-refractivity contribution in [1.29, 1.82) is 10.5 Å². The van der Waals surface area contributed by atoms with Crippen LogP contribution in [0.25, 0.3) is 0 Å². The summed E-state index contributed by atoms with van der Waals surface area (Å²) in [5.74, 6) is 0.856. The predicted octanol–water partition coefficient (Wildman–Crippen LogP) is 2.04. The molecule has 1 aliphatic rings. The lowest BCUT2D eigenvalue weighted by atomic mass is 9.85. The van der Waals surface area contributed by atoms with Crippen molar-refractivity contribution in [1.82, 2.24) is 10.3 Å². The molecule has 3 rings (SSSR count). The van der Waals surface area contributed by atoms with Crippen molar-refractivity contribution in [2.24, 2.45) is 4.99 Å². The van der Waals surface area contributed by atoms with Crippen molar-refractivity contribution in [2.45, 2.75) is 31.6 Å². The quantitative estimate of drug-likeness (QED) is 0.488. The Morgan fingerprint density at radius 1 is 1.35 bits per heavy atom. The zero-order chi connectivity index (χ0) is 18.7. The van der Waals surface area contributed by atoms with Gasteiger partial charge in [0.15, 0.2) is 0 Å². The van der Waals surface area contributed by atoms with E-state index in [1.807, 2.05) is 0 Å². The number of nitrogens with zero attached hydrogens (tertiary/aromatic N) is 4. The van der Waals surface area contributed by atoms with E-state index in [2.05, 4.69) is 21.4 Å². The van der Waals surface area contributed by atoms with Gasteiger partial charge in [0, 0.05) is 23.5 Å². The van der Waals surface area contributed by atoms with Gasteiger partial charge in [-0.25, -0.2) is 0 Å². The largest absolute Gasteiger partial charge is 0.485 e. The summed E-state index contributed by atoms with van der Waals surface area (Å²) in [7, 11) is 0. The predicted molar refractivity (Wildman–Crippen MR) is 94.1 cm³/mol. The zero-order valence-electron chi connectivity index (χ0n) is 14.3. The van der Waals surface area contributed by atoms with Gasteiger partial charge in [-0.05, 0) is 44.2 Å². The van der Waals surface area contributed by atoms with E-state index in [0.29, 0.717) is 22.4 Å². The molecule has 7 heteroatoms. The minimum atomic E-state index is -0.940. The summed E-state index contributed by atoms with van der Waals surface area (Å²) in [6.07, 6.45) is 4.03. The molecule has 0 spiro atoms. The molecular weight excluding hydrogens is 330 g/mol. The van der Waals surface area contributed by atoms with Crippen LogP contribution in [0.1, 0.15) is 36.6 Å². The van der Waals surface area contributed by atoms with Gasteiger partial charge in [-0.1, -0.05) is 0 Å². The topological polar surface area (TPSA) is 114 Å². The minimum Gasteiger partial charge on any atom is -0.485 e. The molecule has 0 fully saturated rings. The fraction of sp³-hybridized carbons (Fsp3) is 0.263. The van der Waals surface area contributed by atoms with Gasteiger partial charge in [-0.15, -0.1) is 0 Å². The third-order valence-electron chi connectivity index (χ3n) is 4.26. The van der Waals surface area contributed by atoms with Gasteiger partial charge >= 0.3 is 0 Å². The van der Waals surface area contributed by atoms with Crippen LogP contribution in [0.2, 0.25) is 0 Å². The van der Waals surface area contributed by atoms with Gasteiger partial charge in [-0.3, -0.25) is 4.98 Å². The molecule has 0 unspecified atom stereocenters. The van der Waals surface area contributed by atoms with Gasteiger partial charge in [0.25, 0.3) is 0 Å². The Bertz CT molecular complexity index is 925. The van der Waals surface area contributed by atoms with Crippen LogP contribution in [0.3, 0.4) is 0 Å². The van der Waals surface area contributed by atoms with E-state index < -0.39 is 17.7 Å². The number of aliphatic hydroxyl groups is 1. The highest BCUT2D eigenvalue weighted by atomic mass is 16.5. The molecule has 2 heterocycles. The molecule has 0 aliphatic carbocycles. The average molecular weight is 347 g/mol. The normalized spacial score (nSPS) is 20.9. The number of hydrogen-bond donors (Lipinski definition) is 2. The number of amidine groups is 1. The molecule has 1 aromatic heterocycles. The number of fused-ring (bicyclic) bond motifs is 1. The summed E-state index contributed by atoms with van der Waals surface area (Å²) < 4.78 is 5.89. The van der Waals surface area contributed by atoms with Crippen molar-refractivity contribution >= 4 is 5.84 Å². The van der Waals surface area contributed by atoms with Crippen LogP contribution in [-0.2, 0) is 0 Å². The first-order valence-corrected chi connectivity index (χ1v) is 8.01. The molecule has 1 aliphatic heterocycles. The molecule has 0 radical (unpaired) electrons. The first-order valence-electron chi connectivity index (χ1n) is 8.01. The number of aliphatic imine (C=N–C) groups is 1. The third kappa shape index (κ3) is 3.21. The van der Waals surface area contributed by atoms with Crippen molar-refractivity contribution in [3.05, 3.63) is 59.4 Å². The van der Waals surface area contributed by atoms with Crippen LogP contribution in [-0.4, -0.2) is 27.6 Å². The van der Waals surface area contributed by atoms with Gasteiger partial charge in [0.2, 0.25) is 6.19 Å². The smallest absolute Gasteiger partial charge is 0.207 e. The lowest BCUT2D eigenvalue weighted by Gasteiger charge is -2.42. The van der Waals surface area contributed by atoms with E-state index in [1.54, 1.807) is 62.8 Å². The second-order valence-corrected chi connectivity index (χ2v) is 6.44. The lowest BCUT2D eigenvalue weighted by Crippen LogP contribution is -2.53. The molecule has 0 amide bonds. The Balaban J connectivity index is 2.06. The van der Waals surface area contributed by atoms with Crippen LogP contribution in [0.5, 0.6) is 5.75 Å². The summed E-state index contributed by atoms with van der Waals surface area (Å²) in [6.45, 7) is 3.55. The second-order valence-electron chi connectivity index (χ2n) is 6.44. The Morgan fingerprint density at radius 3 is 2.81 bits per heavy atom. The van der Waals surface area contributed by atoms with Crippen LogP contribution < -0.4 is 10.1 Å². The van der Waals surface area contributed by atoms with E-state index in [0.717, 1.165) is 0 Å². The first-order chi connectivity index (χ1) is 12.5. The van der Waals surface area contributed by atoms with Crippen molar-refractivity contribution in [2.75, 3.05) is 0 Å². The Labute approximate surface area is 151 Å². The minimum absolute atomic E-state index is 0.288. The molecule has 7 nitrogen and oxygen atoms in total. The number of aliphatic hydroxyl groups excluding tert-OH is 1. The second kappa shape index (κ2) is 6.83. The summed E-state index contributed by atoms with van der Waals surface area (Å²) in [4.78, 5) is 7.88. The van der Waals surface area contributed by atoms with Crippen molar-refractivity contribution in [3.8, 4) is 18.0 Å². The number of aromatic nitrogens is 1. The molecular formula is C19H17N5O2. The number of nitriles is 2. The molecule has 0 saturated heterocycles. The van der Waals surface area contributed by atoms with Crippen molar-refractivity contribution < 1.29 is 9.84 Å². The highest BCUT2D eigenvalue weighted by Crippen LogP contribution is 2.40. The van der Waals surface area contributed by atoms with Gasteiger partial charge in [-0.2, -0.15) is 15.5 Å². The van der Waals surface area contributed by atoms with E-state index in [-0.39, 0.29) is 5.84 Å². The average Bonchev–Trinajstić information content (AvgIpc) is 2.65. The van der Waals surface area contributed by atoms with E-state index >= 15 is 0 Å². The van der Waals surface area contributed by atoms with Crippen LogP contribution in [0.15, 0.2) is 47.7 Å². The van der Waals surface area contributed by atoms with E-state index in [4.69, 9.17) is 10.00 Å². The monoisotopic (exact) mass is 347 g/mol. The number of pyridine rings is 1. The molecule has 1 aromatic carbocycles. The molecule has 26 heavy (non-hydrogen) atoms. The number of hydrogen-bond acceptors (Lipinski definition) is 6. The van der Waals surface area contributed by atoms with Gasteiger partial charge in [0.1, 0.15) is 23.3 Å². The summed E-state index contributed by atoms with van der Waals surface area (Å²) in [6, 6.07) is 10.0. The van der Waals surface area contributed by atoms with Crippen LogP contribution in [0, 0.1) is 22.8 Å². The van der Waals surface area contributed by atoms with Gasteiger partial charge < -0.3 is 15.2 Å². The number of ether oxygens (including phenoxy) is 1. The van der Waals surface area contributed by atoms with Crippen LogP contribution >= 0.6 is 0 Å². The van der Waals surface area contributed by atoms with Crippen molar-refractivity contribution in [3.63, 3.8) is 0 Å². The summed E-state index contributed by atoms with van der Waals surface area (Å²) in [5, 5.41) is 32.2. The Hall–Kier alpha value is -3.42. The van der Waals surface area contributed by atoms with E-state index in [1.165, 1.54) is 0 Å². The standard InChI is InChI=1S/C19H17N5O2/c1-19(2)17(25)16(14-8-12(9-20)5-6-15(14)26-19)24-18(23-11-21)13-4-3-7-22-10-13/h3-8,10,16-17,25H,1-2H3,(H,23,24)/t16-,17+/m0/s1. The zero-order valence-corrected chi connectivity index (χ0v) is 14.3. The Morgan fingerprint density at radius 2 is 2.15 bits per heavy atom. The fourth-order valence-corrected chi connectivity index (χ4v) is 2.91. The summed E-state index contributed by atoms with van der Waals surface area (Å²) >= 11 is 0. The van der Waals surface area contributed by atoms with Crippen LogP contribution in [0.4, 0.5) is 0 Å². The number of nitrogens with one attached hydrogen (secondary N) is 1. The molecule has 2 N–H and O–H groups in total. The molecule has 0 saturated carbocycles. The number of benzene rings is 1. The third-order valence-corrected chi connectivity index (χ3v) is 4.26. The fourth-order valence-electron chi connectivity index (χ4n) is 2.91. The number of rotatable bonds is 2. The maximum absolute atomic E-state index is 10.8. The first kappa shape index (κ1) is 17.4. The maximum Gasteiger partial charge on any atom is 0.207 e.